The number of rotatable bonds is 3. The lowest BCUT2D eigenvalue weighted by atomic mass is 10.2. The smallest absolute Gasteiger partial charge is 0.406 e. The molecule has 76 valence electrons. The van der Waals surface area contributed by atoms with Crippen molar-refractivity contribution in [3.05, 3.63) is 23.5 Å². The Balaban J connectivity index is 4.55. The molecule has 0 fully saturated rings. The van der Waals surface area contributed by atoms with Crippen molar-refractivity contribution < 1.29 is 23.0 Å². The fourth-order valence-corrected chi connectivity index (χ4v) is 0.746. The maximum absolute atomic E-state index is 11.8. The fourth-order valence-electron chi connectivity index (χ4n) is 0.746. The molecule has 0 bridgehead atoms. The van der Waals surface area contributed by atoms with Crippen LogP contribution in [-0.2, 0) is 4.74 Å². The summed E-state index contributed by atoms with van der Waals surface area (Å²) in [5, 5.41) is 8.67. The molecule has 2 nitrogen and oxygen atoms in total. The van der Waals surface area contributed by atoms with E-state index in [-0.39, 0.29) is 11.3 Å². The van der Waals surface area contributed by atoms with Crippen molar-refractivity contribution in [2.75, 3.05) is 6.61 Å². The van der Waals surface area contributed by atoms with Crippen molar-refractivity contribution in [1.82, 2.24) is 0 Å². The van der Waals surface area contributed by atoms with Gasteiger partial charge >= 0.3 is 6.36 Å². The number of halogens is 3. The Morgan fingerprint density at radius 3 is 2.08 bits per heavy atom. The molecule has 0 aliphatic carbocycles. The summed E-state index contributed by atoms with van der Waals surface area (Å²) in [5.41, 5.74) is 0.111. The maximum atomic E-state index is 11.8. The van der Waals surface area contributed by atoms with Crippen molar-refractivity contribution >= 4 is 0 Å². The predicted molar refractivity (Wildman–Crippen MR) is 41.7 cm³/mol. The highest BCUT2D eigenvalue weighted by Crippen LogP contribution is 2.24. The summed E-state index contributed by atoms with van der Waals surface area (Å²) in [5.74, 6) is -0.363. The van der Waals surface area contributed by atoms with Crippen LogP contribution in [-0.4, -0.2) is 18.1 Å². The van der Waals surface area contributed by atoms with E-state index in [0.29, 0.717) is 0 Å². The van der Waals surface area contributed by atoms with Crippen LogP contribution in [0.5, 0.6) is 0 Å². The highest BCUT2D eigenvalue weighted by atomic mass is 19.4. The quantitative estimate of drug-likeness (QED) is 0.554. The molecule has 0 spiro atoms. The molecule has 0 aliphatic heterocycles. The summed E-state index contributed by atoms with van der Waals surface area (Å²) in [6.45, 7) is 2.45. The van der Waals surface area contributed by atoms with Gasteiger partial charge < -0.3 is 9.84 Å². The van der Waals surface area contributed by atoms with Crippen LogP contribution in [0.15, 0.2) is 23.5 Å². The van der Waals surface area contributed by atoms with Gasteiger partial charge in [-0.25, -0.2) is 0 Å². The van der Waals surface area contributed by atoms with Crippen LogP contribution in [0.4, 0.5) is 13.2 Å². The topological polar surface area (TPSA) is 29.5 Å². The third kappa shape index (κ3) is 4.57. The zero-order valence-electron chi connectivity index (χ0n) is 7.35. The largest absolute Gasteiger partial charge is 0.573 e. The second kappa shape index (κ2) is 4.91. The fraction of sp³-hybridized carbons (Fsp3) is 0.500. The minimum atomic E-state index is -4.72. The first-order chi connectivity index (χ1) is 5.94. The van der Waals surface area contributed by atoms with Gasteiger partial charge in [-0.05, 0) is 19.9 Å². The highest BCUT2D eigenvalue weighted by molar-refractivity contribution is 5.25. The first-order valence-corrected chi connectivity index (χ1v) is 3.63. The number of hydrogen-bond donors (Lipinski definition) is 1. The van der Waals surface area contributed by atoms with Crippen LogP contribution in [0.2, 0.25) is 0 Å². The van der Waals surface area contributed by atoms with Crippen LogP contribution in [0.3, 0.4) is 0 Å². The molecule has 0 aliphatic rings. The van der Waals surface area contributed by atoms with E-state index in [9.17, 15) is 13.2 Å². The average Bonchev–Trinajstić information content (AvgIpc) is 2.02. The van der Waals surface area contributed by atoms with Gasteiger partial charge in [0, 0.05) is 5.57 Å². The average molecular weight is 196 g/mol. The molecule has 0 saturated carbocycles. The zero-order valence-corrected chi connectivity index (χ0v) is 7.35. The Kier molecular flexibility index (Phi) is 4.55. The van der Waals surface area contributed by atoms with Gasteiger partial charge in [-0.2, -0.15) is 0 Å². The predicted octanol–water partition coefficient (Wildman–Crippen LogP) is 2.37. The highest BCUT2D eigenvalue weighted by Gasteiger charge is 2.32. The van der Waals surface area contributed by atoms with Crippen LogP contribution in [0.1, 0.15) is 13.8 Å². The molecule has 0 rings (SSSR count). The van der Waals surface area contributed by atoms with Gasteiger partial charge in [-0.3, -0.25) is 0 Å². The van der Waals surface area contributed by atoms with Gasteiger partial charge in [-0.15, -0.1) is 13.2 Å². The number of ether oxygens (including phenoxy) is 1. The summed E-state index contributed by atoms with van der Waals surface area (Å²) in [7, 11) is 0. The lowest BCUT2D eigenvalue weighted by molar-refractivity contribution is -0.304. The standard InChI is InChI=1S/C8H11F3O2/c1-3-6(5-12)7(4-2)13-8(9,10)11/h3-4,12H,5H2,1-2H3/b6-3-,7-4+. The molecule has 0 atom stereocenters. The molecule has 0 amide bonds. The van der Waals surface area contributed by atoms with Crippen molar-refractivity contribution in [3.8, 4) is 0 Å². The molecular formula is C8H11F3O2. The van der Waals surface area contributed by atoms with E-state index in [1.807, 2.05) is 0 Å². The van der Waals surface area contributed by atoms with Crippen molar-refractivity contribution in [2.24, 2.45) is 0 Å². The van der Waals surface area contributed by atoms with Crippen LogP contribution in [0, 0.1) is 0 Å². The normalized spacial score (nSPS) is 14.6. The monoisotopic (exact) mass is 196 g/mol. The summed E-state index contributed by atoms with van der Waals surface area (Å²) in [6.07, 6.45) is -2.20. The first kappa shape index (κ1) is 12.0. The van der Waals surface area contributed by atoms with E-state index in [1.54, 1.807) is 0 Å². The number of hydrogen-bond acceptors (Lipinski definition) is 2. The van der Waals surface area contributed by atoms with E-state index in [2.05, 4.69) is 4.74 Å². The van der Waals surface area contributed by atoms with Crippen LogP contribution >= 0.6 is 0 Å². The van der Waals surface area contributed by atoms with E-state index < -0.39 is 13.0 Å². The molecular weight excluding hydrogens is 185 g/mol. The van der Waals surface area contributed by atoms with Crippen molar-refractivity contribution in [1.29, 1.82) is 0 Å². The van der Waals surface area contributed by atoms with Crippen LogP contribution < -0.4 is 0 Å². The Bertz CT molecular complexity index is 216. The number of aliphatic hydroxyl groups is 1. The van der Waals surface area contributed by atoms with E-state index in [0.717, 1.165) is 6.08 Å². The maximum Gasteiger partial charge on any atom is 0.573 e. The molecule has 0 unspecified atom stereocenters. The number of alkyl halides is 3. The van der Waals surface area contributed by atoms with Gasteiger partial charge in [0.1, 0.15) is 5.76 Å². The Morgan fingerprint density at radius 1 is 1.31 bits per heavy atom. The van der Waals surface area contributed by atoms with Crippen molar-refractivity contribution in [3.63, 3.8) is 0 Å². The Hall–Kier alpha value is -0.970. The van der Waals surface area contributed by atoms with Gasteiger partial charge in [0.15, 0.2) is 0 Å². The third-order valence-corrected chi connectivity index (χ3v) is 1.32. The number of allylic oxidation sites excluding steroid dienone is 2. The van der Waals surface area contributed by atoms with Gasteiger partial charge in [-0.1, -0.05) is 6.08 Å². The molecule has 0 aromatic rings. The van der Waals surface area contributed by atoms with E-state index in [4.69, 9.17) is 5.11 Å². The van der Waals surface area contributed by atoms with E-state index >= 15 is 0 Å². The third-order valence-electron chi connectivity index (χ3n) is 1.32. The summed E-state index contributed by atoms with van der Waals surface area (Å²) >= 11 is 0. The van der Waals surface area contributed by atoms with Crippen molar-refractivity contribution in [2.45, 2.75) is 20.2 Å². The van der Waals surface area contributed by atoms with Gasteiger partial charge in [0.2, 0.25) is 0 Å². The summed E-state index contributed by atoms with van der Waals surface area (Å²) < 4.78 is 38.9. The molecule has 0 saturated heterocycles. The Morgan fingerprint density at radius 2 is 1.85 bits per heavy atom. The molecule has 1 N–H and O–H groups in total. The van der Waals surface area contributed by atoms with Gasteiger partial charge in [0.25, 0.3) is 0 Å². The summed E-state index contributed by atoms with van der Waals surface area (Å²) in [4.78, 5) is 0. The molecule has 0 aromatic heterocycles. The molecule has 5 heteroatoms. The molecule has 0 radical (unpaired) electrons. The zero-order chi connectivity index (χ0) is 10.5. The SMILES string of the molecule is C/C=C(CO)\C(=C/C)OC(F)(F)F. The Labute approximate surface area is 74.3 Å². The minimum absolute atomic E-state index is 0.111. The molecule has 0 heterocycles. The van der Waals surface area contributed by atoms with E-state index in [1.165, 1.54) is 19.9 Å². The lowest BCUT2D eigenvalue weighted by Crippen LogP contribution is -2.15. The van der Waals surface area contributed by atoms with Gasteiger partial charge in [0.05, 0.1) is 6.61 Å². The summed E-state index contributed by atoms with van der Waals surface area (Å²) in [6, 6.07) is 0. The number of aliphatic hydroxyl groups excluding tert-OH is 1. The van der Waals surface area contributed by atoms with Crippen LogP contribution in [0.25, 0.3) is 0 Å². The second-order valence-electron chi connectivity index (χ2n) is 2.17. The second-order valence-corrected chi connectivity index (χ2v) is 2.17. The minimum Gasteiger partial charge on any atom is -0.406 e. The first-order valence-electron chi connectivity index (χ1n) is 3.63. The molecule has 0 aromatic carbocycles. The molecule has 13 heavy (non-hydrogen) atoms. The lowest BCUT2D eigenvalue weighted by Gasteiger charge is -2.13.